The minimum Gasteiger partial charge on any atom is -0.460 e. The first-order chi connectivity index (χ1) is 13.6. The van der Waals surface area contributed by atoms with Crippen molar-refractivity contribution < 1.29 is 26.4 Å². The third-order valence-electron chi connectivity index (χ3n) is 4.84. The van der Waals surface area contributed by atoms with Crippen molar-refractivity contribution in [3.8, 4) is 0 Å². The van der Waals surface area contributed by atoms with Gasteiger partial charge in [0.1, 0.15) is 11.3 Å². The van der Waals surface area contributed by atoms with Gasteiger partial charge in [-0.15, -0.1) is 0 Å². The van der Waals surface area contributed by atoms with Gasteiger partial charge in [-0.25, -0.2) is 17.2 Å². The summed E-state index contributed by atoms with van der Waals surface area (Å²) in [5.74, 6) is -2.30. The van der Waals surface area contributed by atoms with Crippen molar-refractivity contribution in [1.29, 1.82) is 0 Å². The molecular weight excluding hydrogens is 402 g/mol. The lowest BCUT2D eigenvalue weighted by Crippen LogP contribution is -2.13. The Hall–Kier alpha value is -2.94. The Balaban J connectivity index is 1.85. The summed E-state index contributed by atoms with van der Waals surface area (Å²) < 4.78 is 58.5. The number of anilines is 1. The number of hydrogen-bond donors (Lipinski definition) is 2. The number of nitrogens with one attached hydrogen (secondary N) is 1. The van der Waals surface area contributed by atoms with Crippen LogP contribution in [0.15, 0.2) is 34.7 Å². The van der Waals surface area contributed by atoms with Crippen LogP contribution in [0.1, 0.15) is 46.0 Å². The summed E-state index contributed by atoms with van der Waals surface area (Å²) in [5, 5.41) is 0.469. The molecule has 4 rings (SSSR count). The van der Waals surface area contributed by atoms with E-state index < -0.39 is 27.6 Å². The quantitative estimate of drug-likeness (QED) is 0.635. The molecule has 0 unspecified atom stereocenters. The van der Waals surface area contributed by atoms with Gasteiger partial charge in [0.25, 0.3) is 5.91 Å². The third-order valence-corrected chi connectivity index (χ3v) is 5.43. The molecular formula is C20H18F2N2O4S. The van der Waals surface area contributed by atoms with Gasteiger partial charge < -0.3 is 10.2 Å². The fraction of sp³-hybridized carbons (Fsp3) is 0.250. The second kappa shape index (κ2) is 6.84. The molecule has 1 aromatic heterocycles. The van der Waals surface area contributed by atoms with Crippen LogP contribution in [0.25, 0.3) is 11.0 Å². The number of carbonyl (C=O) groups is 1. The van der Waals surface area contributed by atoms with Gasteiger partial charge in [-0.3, -0.25) is 9.52 Å². The van der Waals surface area contributed by atoms with Crippen molar-refractivity contribution in [2.75, 3.05) is 11.0 Å². The molecule has 3 aromatic rings. The number of hydrogen-bond acceptors (Lipinski definition) is 4. The van der Waals surface area contributed by atoms with E-state index >= 15 is 0 Å². The van der Waals surface area contributed by atoms with Crippen LogP contribution in [-0.2, 0) is 16.4 Å². The van der Waals surface area contributed by atoms with Crippen molar-refractivity contribution in [2.45, 2.75) is 25.2 Å². The first-order valence-corrected chi connectivity index (χ1v) is 10.8. The van der Waals surface area contributed by atoms with E-state index in [4.69, 9.17) is 10.2 Å². The highest BCUT2D eigenvalue weighted by Crippen LogP contribution is 2.46. The second-order valence-corrected chi connectivity index (χ2v) is 9.02. The van der Waals surface area contributed by atoms with E-state index in [-0.39, 0.29) is 29.2 Å². The molecule has 1 aliphatic carbocycles. The number of primary amides is 1. The van der Waals surface area contributed by atoms with Crippen LogP contribution in [0.2, 0.25) is 0 Å². The largest absolute Gasteiger partial charge is 0.460 e. The SMILES string of the molecule is CS(=O)(=O)Nc1cc2oc(Cc3ccc(F)c(F)c3)c(C(N)=O)c2cc1C1CC1. The molecule has 9 heteroatoms. The number of fused-ring (bicyclic) bond motifs is 1. The van der Waals surface area contributed by atoms with E-state index in [1.165, 1.54) is 12.1 Å². The smallest absolute Gasteiger partial charge is 0.252 e. The standard InChI is InChI=1S/C20H18F2N2O4S/c1-29(26,27)24-16-9-17-13(8-12(16)11-3-4-11)19(20(23)25)18(28-17)7-10-2-5-14(21)15(22)6-10/h2,5-6,8-9,11,24H,3-4,7H2,1H3,(H2,23,25). The number of benzene rings is 2. The molecule has 0 radical (unpaired) electrons. The molecule has 1 amide bonds. The maximum absolute atomic E-state index is 13.5. The fourth-order valence-electron chi connectivity index (χ4n) is 3.46. The summed E-state index contributed by atoms with van der Waals surface area (Å²) in [4.78, 5) is 12.1. The molecule has 1 saturated carbocycles. The van der Waals surface area contributed by atoms with Crippen LogP contribution < -0.4 is 10.5 Å². The third kappa shape index (κ3) is 3.95. The summed E-state index contributed by atoms with van der Waals surface area (Å²) in [5.41, 5.74) is 7.57. The van der Waals surface area contributed by atoms with E-state index in [0.29, 0.717) is 16.6 Å². The zero-order valence-corrected chi connectivity index (χ0v) is 16.3. The minimum atomic E-state index is -3.51. The molecule has 0 bridgehead atoms. The van der Waals surface area contributed by atoms with E-state index in [0.717, 1.165) is 36.8 Å². The molecule has 1 fully saturated rings. The number of carbonyl (C=O) groups excluding carboxylic acids is 1. The number of furan rings is 1. The minimum absolute atomic E-state index is 0.0255. The Bertz CT molecular complexity index is 1250. The van der Waals surface area contributed by atoms with Gasteiger partial charge in [-0.1, -0.05) is 6.07 Å². The Labute approximate surface area is 165 Å². The van der Waals surface area contributed by atoms with E-state index in [1.807, 2.05) is 0 Å². The van der Waals surface area contributed by atoms with Crippen molar-refractivity contribution in [3.63, 3.8) is 0 Å². The second-order valence-electron chi connectivity index (χ2n) is 7.27. The highest BCUT2D eigenvalue weighted by atomic mass is 32.2. The summed E-state index contributed by atoms with van der Waals surface area (Å²) >= 11 is 0. The molecule has 0 spiro atoms. The summed E-state index contributed by atoms with van der Waals surface area (Å²) in [6, 6.07) is 6.67. The average Bonchev–Trinajstić information content (AvgIpc) is 3.38. The van der Waals surface area contributed by atoms with Gasteiger partial charge in [0.2, 0.25) is 10.0 Å². The molecule has 3 N–H and O–H groups in total. The van der Waals surface area contributed by atoms with Crippen molar-refractivity contribution >= 4 is 32.6 Å². The van der Waals surface area contributed by atoms with Crippen LogP contribution in [0.3, 0.4) is 0 Å². The number of halogens is 2. The van der Waals surface area contributed by atoms with Crippen LogP contribution >= 0.6 is 0 Å². The van der Waals surface area contributed by atoms with Crippen LogP contribution in [0.5, 0.6) is 0 Å². The maximum Gasteiger partial charge on any atom is 0.252 e. The van der Waals surface area contributed by atoms with Crippen LogP contribution in [0.4, 0.5) is 14.5 Å². The van der Waals surface area contributed by atoms with Crippen LogP contribution in [-0.4, -0.2) is 20.6 Å². The number of rotatable bonds is 6. The lowest BCUT2D eigenvalue weighted by Gasteiger charge is -2.10. The highest BCUT2D eigenvalue weighted by molar-refractivity contribution is 7.92. The lowest BCUT2D eigenvalue weighted by atomic mass is 10.0. The van der Waals surface area contributed by atoms with Gasteiger partial charge in [-0.05, 0) is 48.1 Å². The highest BCUT2D eigenvalue weighted by Gasteiger charge is 2.29. The Kier molecular flexibility index (Phi) is 4.57. The molecule has 0 atom stereocenters. The molecule has 29 heavy (non-hydrogen) atoms. The monoisotopic (exact) mass is 420 g/mol. The normalized spacial score (nSPS) is 14.3. The van der Waals surface area contributed by atoms with E-state index in [9.17, 15) is 22.0 Å². The van der Waals surface area contributed by atoms with E-state index in [1.54, 1.807) is 6.07 Å². The van der Waals surface area contributed by atoms with Gasteiger partial charge in [0.05, 0.1) is 17.5 Å². The molecule has 1 heterocycles. The molecule has 0 aliphatic heterocycles. The van der Waals surface area contributed by atoms with Crippen LogP contribution in [0, 0.1) is 11.6 Å². The Morgan fingerprint density at radius 3 is 2.52 bits per heavy atom. The average molecular weight is 420 g/mol. The lowest BCUT2D eigenvalue weighted by molar-refractivity contribution is 0.1000. The predicted octanol–water partition coefficient (Wildman–Crippen LogP) is 3.65. The zero-order valence-electron chi connectivity index (χ0n) is 15.5. The first kappa shape index (κ1) is 19.4. The number of sulfonamides is 1. The first-order valence-electron chi connectivity index (χ1n) is 8.93. The van der Waals surface area contributed by atoms with Gasteiger partial charge in [-0.2, -0.15) is 0 Å². The maximum atomic E-state index is 13.5. The van der Waals surface area contributed by atoms with Gasteiger partial charge in [0.15, 0.2) is 11.6 Å². The van der Waals surface area contributed by atoms with Crippen molar-refractivity contribution in [2.24, 2.45) is 5.73 Å². The van der Waals surface area contributed by atoms with Gasteiger partial charge >= 0.3 is 0 Å². The van der Waals surface area contributed by atoms with E-state index in [2.05, 4.69) is 4.72 Å². The molecule has 1 aliphatic rings. The van der Waals surface area contributed by atoms with Crippen molar-refractivity contribution in [3.05, 3.63) is 64.4 Å². The Morgan fingerprint density at radius 1 is 1.21 bits per heavy atom. The van der Waals surface area contributed by atoms with Gasteiger partial charge in [0, 0.05) is 17.9 Å². The predicted molar refractivity (Wildman–Crippen MR) is 104 cm³/mol. The summed E-state index contributed by atoms with van der Waals surface area (Å²) in [6.07, 6.45) is 2.90. The summed E-state index contributed by atoms with van der Waals surface area (Å²) in [7, 11) is -3.51. The number of nitrogens with two attached hydrogens (primary N) is 1. The fourth-order valence-corrected chi connectivity index (χ4v) is 4.04. The molecule has 152 valence electrons. The summed E-state index contributed by atoms with van der Waals surface area (Å²) in [6.45, 7) is 0. The zero-order chi connectivity index (χ0) is 20.9. The molecule has 2 aromatic carbocycles. The molecule has 0 saturated heterocycles. The topological polar surface area (TPSA) is 102 Å². The Morgan fingerprint density at radius 2 is 1.93 bits per heavy atom. The van der Waals surface area contributed by atoms with Crippen molar-refractivity contribution in [1.82, 2.24) is 0 Å². The number of amides is 1. The molecule has 6 nitrogen and oxygen atoms in total.